The topological polar surface area (TPSA) is 55.1 Å². The summed E-state index contributed by atoms with van der Waals surface area (Å²) in [6.07, 6.45) is 1.06. The van der Waals surface area contributed by atoms with Crippen LogP contribution in [-0.2, 0) is 7.05 Å². The molecule has 2 aromatic heterocycles. The second kappa shape index (κ2) is 2.80. The Kier molecular flexibility index (Phi) is 1.73. The van der Waals surface area contributed by atoms with Crippen molar-refractivity contribution >= 4 is 17.0 Å². The number of hydrogen-bond acceptors (Lipinski definition) is 2. The van der Waals surface area contributed by atoms with Crippen molar-refractivity contribution in [3.05, 3.63) is 29.8 Å². The third-order valence-corrected chi connectivity index (χ3v) is 2.05. The molecule has 2 rings (SSSR count). The molecule has 14 heavy (non-hydrogen) atoms. The maximum Gasteiger partial charge on any atom is 0.352 e. The molecule has 0 aliphatic heterocycles. The monoisotopic (exact) mass is 194 g/mol. The molecule has 0 aliphatic rings. The summed E-state index contributed by atoms with van der Waals surface area (Å²) in [6.45, 7) is 0. The minimum Gasteiger partial charge on any atom is -0.477 e. The molecule has 0 unspecified atom stereocenters. The minimum absolute atomic E-state index is 0.0955. The van der Waals surface area contributed by atoms with E-state index in [1.165, 1.54) is 16.7 Å². The number of aryl methyl sites for hydroxylation is 1. The van der Waals surface area contributed by atoms with E-state index in [-0.39, 0.29) is 5.69 Å². The highest BCUT2D eigenvalue weighted by atomic mass is 19.1. The molecule has 0 amide bonds. The highest BCUT2D eigenvalue weighted by molar-refractivity contribution is 5.93. The van der Waals surface area contributed by atoms with E-state index in [0.29, 0.717) is 11.0 Å². The molecule has 72 valence electrons. The van der Waals surface area contributed by atoms with Crippen molar-refractivity contribution in [2.75, 3.05) is 0 Å². The molecule has 0 saturated heterocycles. The van der Waals surface area contributed by atoms with Crippen LogP contribution in [0.25, 0.3) is 11.0 Å². The number of pyridine rings is 1. The lowest BCUT2D eigenvalue weighted by molar-refractivity contribution is 0.0687. The second-order valence-electron chi connectivity index (χ2n) is 2.96. The van der Waals surface area contributed by atoms with Gasteiger partial charge in [-0.05, 0) is 12.1 Å². The zero-order valence-corrected chi connectivity index (χ0v) is 7.36. The third-order valence-electron chi connectivity index (χ3n) is 2.05. The fraction of sp³-hybridized carbons (Fsp3) is 0.111. The third kappa shape index (κ3) is 1.14. The first kappa shape index (κ1) is 8.68. The first-order valence-corrected chi connectivity index (χ1v) is 3.94. The molecule has 0 radical (unpaired) electrons. The van der Waals surface area contributed by atoms with Gasteiger partial charge in [-0.1, -0.05) is 0 Å². The van der Waals surface area contributed by atoms with E-state index >= 15 is 0 Å². The number of aromatic carboxylic acids is 1. The average Bonchev–Trinajstić information content (AvgIpc) is 2.43. The Morgan fingerprint density at radius 3 is 2.93 bits per heavy atom. The Morgan fingerprint density at radius 1 is 1.57 bits per heavy atom. The lowest BCUT2D eigenvalue weighted by Gasteiger charge is -1.97. The van der Waals surface area contributed by atoms with Gasteiger partial charge >= 0.3 is 5.97 Å². The van der Waals surface area contributed by atoms with Crippen molar-refractivity contribution in [3.8, 4) is 0 Å². The lowest BCUT2D eigenvalue weighted by atomic mass is 10.3. The molecule has 0 bridgehead atoms. The van der Waals surface area contributed by atoms with Gasteiger partial charge in [-0.2, -0.15) is 0 Å². The number of carboxylic acids is 1. The van der Waals surface area contributed by atoms with Gasteiger partial charge in [-0.15, -0.1) is 0 Å². The number of nitrogens with zero attached hydrogens (tertiary/aromatic N) is 2. The van der Waals surface area contributed by atoms with Gasteiger partial charge in [-0.25, -0.2) is 14.2 Å². The number of halogens is 1. The van der Waals surface area contributed by atoms with Crippen molar-refractivity contribution < 1.29 is 14.3 Å². The van der Waals surface area contributed by atoms with E-state index in [9.17, 15) is 9.18 Å². The summed E-state index contributed by atoms with van der Waals surface area (Å²) in [4.78, 5) is 14.5. The second-order valence-corrected chi connectivity index (χ2v) is 2.96. The first-order chi connectivity index (χ1) is 6.59. The number of rotatable bonds is 1. The van der Waals surface area contributed by atoms with E-state index in [1.807, 2.05) is 0 Å². The largest absolute Gasteiger partial charge is 0.477 e. The Labute approximate surface area is 78.6 Å². The molecule has 2 aromatic rings. The molecule has 1 N–H and O–H groups in total. The van der Waals surface area contributed by atoms with Gasteiger partial charge in [0.05, 0.1) is 6.20 Å². The smallest absolute Gasteiger partial charge is 0.352 e. The van der Waals surface area contributed by atoms with Crippen molar-refractivity contribution in [3.63, 3.8) is 0 Å². The van der Waals surface area contributed by atoms with Crippen molar-refractivity contribution in [2.24, 2.45) is 7.05 Å². The quantitative estimate of drug-likeness (QED) is 0.746. The van der Waals surface area contributed by atoms with Gasteiger partial charge in [0, 0.05) is 12.4 Å². The molecule has 0 spiro atoms. The summed E-state index contributed by atoms with van der Waals surface area (Å²) < 4.78 is 14.2. The zero-order chi connectivity index (χ0) is 10.3. The van der Waals surface area contributed by atoms with Crippen LogP contribution in [0.3, 0.4) is 0 Å². The number of aromatic nitrogens is 2. The number of carboxylic acid groups (broad SMARTS) is 1. The number of fused-ring (bicyclic) bond motifs is 1. The molecule has 5 heteroatoms. The SMILES string of the molecule is Cn1c(C(=O)O)cc2cc(F)cnc21. The predicted molar refractivity (Wildman–Crippen MR) is 47.6 cm³/mol. The first-order valence-electron chi connectivity index (χ1n) is 3.94. The number of carbonyl (C=O) groups is 1. The maximum absolute atomic E-state index is 12.8. The van der Waals surface area contributed by atoms with Gasteiger partial charge in [-0.3, -0.25) is 0 Å². The molecular formula is C9H7FN2O2. The van der Waals surface area contributed by atoms with Gasteiger partial charge in [0.2, 0.25) is 0 Å². The Morgan fingerprint density at radius 2 is 2.29 bits per heavy atom. The zero-order valence-electron chi connectivity index (χ0n) is 7.36. The summed E-state index contributed by atoms with van der Waals surface area (Å²) >= 11 is 0. The molecule has 0 fully saturated rings. The Bertz CT molecular complexity index is 519. The molecule has 4 nitrogen and oxygen atoms in total. The van der Waals surface area contributed by atoms with Crippen molar-refractivity contribution in [1.29, 1.82) is 0 Å². The van der Waals surface area contributed by atoms with Crippen LogP contribution in [0.15, 0.2) is 18.3 Å². The van der Waals surface area contributed by atoms with Crippen LogP contribution in [0.2, 0.25) is 0 Å². The molecule has 0 atom stereocenters. The molecular weight excluding hydrogens is 187 g/mol. The molecule has 2 heterocycles. The lowest BCUT2D eigenvalue weighted by Crippen LogP contribution is -2.04. The van der Waals surface area contributed by atoms with Crippen LogP contribution in [0.5, 0.6) is 0 Å². The van der Waals surface area contributed by atoms with Crippen LogP contribution < -0.4 is 0 Å². The van der Waals surface area contributed by atoms with Crippen LogP contribution in [0, 0.1) is 5.82 Å². The van der Waals surface area contributed by atoms with Gasteiger partial charge in [0.1, 0.15) is 17.2 Å². The van der Waals surface area contributed by atoms with Crippen LogP contribution >= 0.6 is 0 Å². The normalized spacial score (nSPS) is 10.7. The van der Waals surface area contributed by atoms with Gasteiger partial charge < -0.3 is 9.67 Å². The summed E-state index contributed by atoms with van der Waals surface area (Å²) in [5.41, 5.74) is 0.557. The molecule has 0 aromatic carbocycles. The van der Waals surface area contributed by atoms with E-state index < -0.39 is 11.8 Å². The molecule has 0 saturated carbocycles. The van der Waals surface area contributed by atoms with Crippen LogP contribution in [0.4, 0.5) is 4.39 Å². The van der Waals surface area contributed by atoms with Crippen LogP contribution in [0.1, 0.15) is 10.5 Å². The van der Waals surface area contributed by atoms with Crippen LogP contribution in [-0.4, -0.2) is 20.6 Å². The van der Waals surface area contributed by atoms with Crippen molar-refractivity contribution in [2.45, 2.75) is 0 Å². The fourth-order valence-corrected chi connectivity index (χ4v) is 1.40. The van der Waals surface area contributed by atoms with E-state index in [0.717, 1.165) is 6.20 Å². The van der Waals surface area contributed by atoms with Crippen molar-refractivity contribution in [1.82, 2.24) is 9.55 Å². The van der Waals surface area contributed by atoms with E-state index in [1.54, 1.807) is 7.05 Å². The Balaban J connectivity index is 2.79. The number of hydrogen-bond donors (Lipinski definition) is 1. The standard InChI is InChI=1S/C9H7FN2O2/c1-12-7(9(13)14)3-5-2-6(10)4-11-8(5)12/h2-4H,1H3,(H,13,14). The fourth-order valence-electron chi connectivity index (χ4n) is 1.40. The van der Waals surface area contributed by atoms with E-state index in [2.05, 4.69) is 4.98 Å². The highest BCUT2D eigenvalue weighted by Crippen LogP contribution is 2.17. The Hall–Kier alpha value is -1.91. The maximum atomic E-state index is 12.8. The van der Waals surface area contributed by atoms with E-state index in [4.69, 9.17) is 5.11 Å². The molecule has 0 aliphatic carbocycles. The summed E-state index contributed by atoms with van der Waals surface area (Å²) in [5.74, 6) is -1.52. The van der Waals surface area contributed by atoms with Gasteiger partial charge in [0.15, 0.2) is 0 Å². The predicted octanol–water partition coefficient (Wildman–Crippen LogP) is 1.41. The average molecular weight is 194 g/mol. The minimum atomic E-state index is -1.05. The highest BCUT2D eigenvalue weighted by Gasteiger charge is 2.12. The summed E-state index contributed by atoms with van der Waals surface area (Å²) in [7, 11) is 1.58. The summed E-state index contributed by atoms with van der Waals surface area (Å²) in [6, 6.07) is 2.66. The van der Waals surface area contributed by atoms with Gasteiger partial charge in [0.25, 0.3) is 0 Å². The summed E-state index contributed by atoms with van der Waals surface area (Å²) in [5, 5.41) is 9.28.